The van der Waals surface area contributed by atoms with Crippen LogP contribution in [0.1, 0.15) is 19.3 Å². The number of likely N-dealkylation sites (tertiary alicyclic amines) is 1. The molecule has 1 aliphatic heterocycles. The summed E-state index contributed by atoms with van der Waals surface area (Å²) in [6.07, 6.45) is 3.70. The minimum absolute atomic E-state index is 0.683. The molecule has 0 aliphatic carbocycles. The molecule has 3 nitrogen and oxygen atoms in total. The molecule has 1 heterocycles. The second-order valence-electron chi connectivity index (χ2n) is 4.60. The Labute approximate surface area is 111 Å². The van der Waals surface area contributed by atoms with E-state index in [1.54, 1.807) is 0 Å². The van der Waals surface area contributed by atoms with Crippen LogP contribution in [0, 0.1) is 0 Å². The van der Waals surface area contributed by atoms with Gasteiger partial charge in [-0.15, -0.1) is 0 Å². The van der Waals surface area contributed by atoms with Gasteiger partial charge in [0, 0.05) is 11.7 Å². The van der Waals surface area contributed by atoms with Crippen LogP contribution in [0.3, 0.4) is 0 Å². The highest BCUT2D eigenvalue weighted by Crippen LogP contribution is 2.27. The first-order chi connectivity index (χ1) is 8.16. The number of nitrogens with two attached hydrogens (primary N) is 1. The van der Waals surface area contributed by atoms with Gasteiger partial charge in [-0.1, -0.05) is 0 Å². The van der Waals surface area contributed by atoms with Crippen LogP contribution in [0.25, 0.3) is 0 Å². The number of ether oxygens (including phenoxy) is 1. The summed E-state index contributed by atoms with van der Waals surface area (Å²) in [5.74, 6) is 0.875. The maximum absolute atomic E-state index is 5.77. The minimum Gasteiger partial charge on any atom is -0.492 e. The molecule has 1 saturated heterocycles. The molecule has 0 amide bonds. The molecule has 0 aromatic heterocycles. The second-order valence-corrected chi connectivity index (χ2v) is 5.46. The van der Waals surface area contributed by atoms with Crippen LogP contribution >= 0.6 is 15.9 Å². The van der Waals surface area contributed by atoms with Crippen molar-refractivity contribution in [1.29, 1.82) is 0 Å². The van der Waals surface area contributed by atoms with Crippen LogP contribution in [0.2, 0.25) is 0 Å². The van der Waals surface area contributed by atoms with Crippen LogP contribution in [0.5, 0.6) is 5.75 Å². The zero-order valence-corrected chi connectivity index (χ0v) is 11.7. The summed E-state index contributed by atoms with van der Waals surface area (Å²) in [4.78, 5) is 2.42. The summed E-state index contributed by atoms with van der Waals surface area (Å²) in [6.45, 7) is 1.98. The molecular weight excluding hydrogens is 280 g/mol. The largest absolute Gasteiger partial charge is 0.492 e. The first-order valence-electron chi connectivity index (χ1n) is 6.05. The molecule has 1 unspecified atom stereocenters. The highest BCUT2D eigenvalue weighted by Gasteiger charge is 2.20. The van der Waals surface area contributed by atoms with Crippen molar-refractivity contribution in [1.82, 2.24) is 4.90 Å². The summed E-state index contributed by atoms with van der Waals surface area (Å²) in [5, 5.41) is 0. The van der Waals surface area contributed by atoms with Crippen molar-refractivity contribution in [3.63, 3.8) is 0 Å². The van der Waals surface area contributed by atoms with Crippen LogP contribution in [0.15, 0.2) is 22.7 Å². The van der Waals surface area contributed by atoms with Gasteiger partial charge in [0.25, 0.3) is 0 Å². The summed E-state index contributed by atoms with van der Waals surface area (Å²) in [5.41, 5.74) is 6.43. The van der Waals surface area contributed by atoms with Crippen molar-refractivity contribution in [2.75, 3.05) is 25.9 Å². The summed E-state index contributed by atoms with van der Waals surface area (Å²) in [7, 11) is 2.19. The highest BCUT2D eigenvalue weighted by molar-refractivity contribution is 9.10. The molecule has 1 fully saturated rings. The third kappa shape index (κ3) is 3.36. The van der Waals surface area contributed by atoms with Crippen molar-refractivity contribution in [2.24, 2.45) is 0 Å². The fourth-order valence-corrected chi connectivity index (χ4v) is 2.79. The highest BCUT2D eigenvalue weighted by atomic mass is 79.9. The SMILES string of the molecule is CN1CCCC1CCOc1ccc(N)cc1Br. The molecule has 0 saturated carbocycles. The Balaban J connectivity index is 1.81. The lowest BCUT2D eigenvalue weighted by Crippen LogP contribution is -2.26. The third-order valence-corrected chi connectivity index (χ3v) is 3.96. The van der Waals surface area contributed by atoms with Gasteiger partial charge in [0.2, 0.25) is 0 Å². The summed E-state index contributed by atoms with van der Waals surface area (Å²) in [6, 6.07) is 6.33. The molecule has 4 heteroatoms. The zero-order chi connectivity index (χ0) is 12.3. The smallest absolute Gasteiger partial charge is 0.133 e. The maximum atomic E-state index is 5.77. The van der Waals surface area contributed by atoms with Crippen molar-refractivity contribution in [2.45, 2.75) is 25.3 Å². The first kappa shape index (κ1) is 12.7. The van der Waals surface area contributed by atoms with Gasteiger partial charge in [-0.3, -0.25) is 0 Å². The van der Waals surface area contributed by atoms with E-state index in [2.05, 4.69) is 27.9 Å². The normalized spacial score (nSPS) is 20.7. The molecular formula is C13H19BrN2O. The average molecular weight is 299 g/mol. The molecule has 0 spiro atoms. The molecule has 1 aromatic rings. The van der Waals surface area contributed by atoms with E-state index in [-0.39, 0.29) is 0 Å². The Hall–Kier alpha value is -0.740. The van der Waals surface area contributed by atoms with Gasteiger partial charge >= 0.3 is 0 Å². The van der Waals surface area contributed by atoms with Crippen LogP contribution in [-0.4, -0.2) is 31.1 Å². The number of hydrogen-bond acceptors (Lipinski definition) is 3. The van der Waals surface area contributed by atoms with Gasteiger partial charge < -0.3 is 15.4 Å². The number of rotatable bonds is 4. The fraction of sp³-hybridized carbons (Fsp3) is 0.538. The molecule has 0 radical (unpaired) electrons. The number of hydrogen-bond donors (Lipinski definition) is 1. The quantitative estimate of drug-likeness (QED) is 0.869. The molecule has 2 rings (SSSR count). The van der Waals surface area contributed by atoms with Crippen molar-refractivity contribution >= 4 is 21.6 Å². The van der Waals surface area contributed by atoms with E-state index >= 15 is 0 Å². The lowest BCUT2D eigenvalue weighted by Gasteiger charge is -2.19. The molecule has 1 aromatic carbocycles. The summed E-state index contributed by atoms with van der Waals surface area (Å²) >= 11 is 3.46. The lowest BCUT2D eigenvalue weighted by atomic mass is 10.1. The predicted molar refractivity (Wildman–Crippen MR) is 74.3 cm³/mol. The Morgan fingerprint density at radius 2 is 2.35 bits per heavy atom. The monoisotopic (exact) mass is 298 g/mol. The Kier molecular flexibility index (Phi) is 4.29. The fourth-order valence-electron chi connectivity index (χ4n) is 2.28. The number of nitrogen functional groups attached to an aromatic ring is 1. The van der Waals surface area contributed by atoms with E-state index < -0.39 is 0 Å². The van der Waals surface area contributed by atoms with E-state index in [1.807, 2.05) is 18.2 Å². The number of nitrogens with zero attached hydrogens (tertiary/aromatic N) is 1. The van der Waals surface area contributed by atoms with Gasteiger partial charge in [0.05, 0.1) is 11.1 Å². The van der Waals surface area contributed by atoms with Crippen molar-refractivity contribution in [3.05, 3.63) is 22.7 Å². The van der Waals surface area contributed by atoms with Crippen LogP contribution in [-0.2, 0) is 0 Å². The van der Waals surface area contributed by atoms with Crippen molar-refractivity contribution < 1.29 is 4.74 Å². The molecule has 1 atom stereocenters. The minimum atomic E-state index is 0.683. The number of benzene rings is 1. The van der Waals surface area contributed by atoms with E-state index in [0.29, 0.717) is 6.04 Å². The van der Waals surface area contributed by atoms with Gasteiger partial charge in [-0.05, 0) is 67.0 Å². The second kappa shape index (κ2) is 5.74. The van der Waals surface area contributed by atoms with E-state index in [0.717, 1.165) is 28.9 Å². The van der Waals surface area contributed by atoms with E-state index in [4.69, 9.17) is 10.5 Å². The third-order valence-electron chi connectivity index (χ3n) is 3.34. The van der Waals surface area contributed by atoms with E-state index in [1.165, 1.54) is 19.4 Å². The Morgan fingerprint density at radius 3 is 3.00 bits per heavy atom. The van der Waals surface area contributed by atoms with Gasteiger partial charge in [0.15, 0.2) is 0 Å². The first-order valence-corrected chi connectivity index (χ1v) is 6.84. The van der Waals surface area contributed by atoms with E-state index in [9.17, 15) is 0 Å². The molecule has 0 bridgehead atoms. The zero-order valence-electron chi connectivity index (χ0n) is 10.2. The van der Waals surface area contributed by atoms with Gasteiger partial charge in [-0.2, -0.15) is 0 Å². The van der Waals surface area contributed by atoms with Crippen LogP contribution < -0.4 is 10.5 Å². The Bertz CT molecular complexity index is 384. The molecule has 1 aliphatic rings. The maximum Gasteiger partial charge on any atom is 0.133 e. The van der Waals surface area contributed by atoms with Gasteiger partial charge in [0.1, 0.15) is 5.75 Å². The lowest BCUT2D eigenvalue weighted by molar-refractivity contribution is 0.232. The van der Waals surface area contributed by atoms with Gasteiger partial charge in [-0.25, -0.2) is 0 Å². The standard InChI is InChI=1S/C13H19BrN2O/c1-16-7-2-3-11(16)6-8-17-13-5-4-10(15)9-12(13)14/h4-5,9,11H,2-3,6-8,15H2,1H3. The molecule has 2 N–H and O–H groups in total. The predicted octanol–water partition coefficient (Wildman–Crippen LogP) is 2.89. The number of halogens is 1. The Morgan fingerprint density at radius 1 is 1.53 bits per heavy atom. The summed E-state index contributed by atoms with van der Waals surface area (Å²) < 4.78 is 6.70. The topological polar surface area (TPSA) is 38.5 Å². The number of anilines is 1. The van der Waals surface area contributed by atoms with Crippen LogP contribution in [0.4, 0.5) is 5.69 Å². The average Bonchev–Trinajstić information content (AvgIpc) is 2.68. The molecule has 17 heavy (non-hydrogen) atoms. The van der Waals surface area contributed by atoms with Crippen molar-refractivity contribution in [3.8, 4) is 5.75 Å². The molecule has 94 valence electrons.